The molecule has 1 atom stereocenters. The van der Waals surface area contributed by atoms with Crippen LogP contribution in [0.25, 0.3) is 0 Å². The van der Waals surface area contributed by atoms with Gasteiger partial charge < -0.3 is 14.8 Å². The van der Waals surface area contributed by atoms with Crippen LogP contribution in [0.1, 0.15) is 23.2 Å². The third-order valence-electron chi connectivity index (χ3n) is 3.93. The summed E-state index contributed by atoms with van der Waals surface area (Å²) in [6.07, 6.45) is 1.81. The van der Waals surface area contributed by atoms with Gasteiger partial charge in [-0.3, -0.25) is 9.63 Å². The van der Waals surface area contributed by atoms with Gasteiger partial charge in [0.2, 0.25) is 0 Å². The minimum absolute atomic E-state index is 0.0218. The number of nitrogens with zero attached hydrogens (tertiary/aromatic N) is 1. The van der Waals surface area contributed by atoms with E-state index in [2.05, 4.69) is 10.2 Å². The van der Waals surface area contributed by atoms with Crippen LogP contribution in [0.15, 0.2) is 23.1 Å². The average Bonchev–Trinajstić information content (AvgIpc) is 3.17. The fourth-order valence-electron chi connectivity index (χ4n) is 2.36. The van der Waals surface area contributed by atoms with Gasteiger partial charge >= 0.3 is 5.97 Å². The number of hydrogen-bond donors (Lipinski definition) is 1. The van der Waals surface area contributed by atoms with E-state index in [1.54, 1.807) is 0 Å². The molecular formula is C16H21ClN2O7S. The Balaban J connectivity index is 1.98. The van der Waals surface area contributed by atoms with Gasteiger partial charge in [-0.25, -0.2) is 13.2 Å². The number of benzene rings is 1. The maximum absolute atomic E-state index is 12.3. The van der Waals surface area contributed by atoms with E-state index in [0.717, 1.165) is 18.9 Å². The smallest absolute Gasteiger partial charge is 0.338 e. The maximum atomic E-state index is 12.3. The van der Waals surface area contributed by atoms with Crippen LogP contribution in [-0.4, -0.2) is 64.8 Å². The van der Waals surface area contributed by atoms with Crippen LogP contribution < -0.4 is 5.32 Å². The summed E-state index contributed by atoms with van der Waals surface area (Å²) >= 11 is 5.93. The van der Waals surface area contributed by atoms with Gasteiger partial charge in [0.1, 0.15) is 4.90 Å². The van der Waals surface area contributed by atoms with Crippen LogP contribution >= 0.6 is 11.6 Å². The average molecular weight is 421 g/mol. The summed E-state index contributed by atoms with van der Waals surface area (Å²) in [5.41, 5.74) is -0.0607. The lowest BCUT2D eigenvalue weighted by Gasteiger charge is -2.15. The van der Waals surface area contributed by atoms with Crippen LogP contribution in [-0.2, 0) is 29.1 Å². The molecule has 9 nitrogen and oxygen atoms in total. The molecule has 0 aliphatic carbocycles. The summed E-state index contributed by atoms with van der Waals surface area (Å²) in [6.45, 7) is 0.535. The summed E-state index contributed by atoms with van der Waals surface area (Å²) in [5.74, 6) is -1.32. The largest absolute Gasteiger partial charge is 0.452 e. The molecule has 1 aromatic rings. The number of rotatable bonds is 8. The van der Waals surface area contributed by atoms with Crippen molar-refractivity contribution < 1.29 is 32.3 Å². The van der Waals surface area contributed by atoms with Gasteiger partial charge in [-0.1, -0.05) is 16.1 Å². The molecule has 1 amide bonds. The van der Waals surface area contributed by atoms with Crippen molar-refractivity contribution in [3.8, 4) is 0 Å². The second-order valence-corrected chi connectivity index (χ2v) is 8.07. The van der Waals surface area contributed by atoms with Crippen molar-refractivity contribution in [3.63, 3.8) is 0 Å². The molecule has 0 saturated carbocycles. The number of nitrogens with one attached hydrogen (secondary N) is 1. The molecular weight excluding hydrogens is 400 g/mol. The van der Waals surface area contributed by atoms with E-state index in [-0.39, 0.29) is 21.6 Å². The maximum Gasteiger partial charge on any atom is 0.338 e. The Labute approximate surface area is 162 Å². The molecule has 150 valence electrons. The van der Waals surface area contributed by atoms with Crippen LogP contribution in [0.2, 0.25) is 5.02 Å². The molecule has 1 aliphatic rings. The Morgan fingerprint density at radius 1 is 1.41 bits per heavy atom. The van der Waals surface area contributed by atoms with Gasteiger partial charge in [0.05, 0.1) is 23.8 Å². The predicted octanol–water partition coefficient (Wildman–Crippen LogP) is 0.974. The molecule has 0 bridgehead atoms. The Hall–Kier alpha value is -1.72. The molecule has 0 unspecified atom stereocenters. The number of sulfonamides is 1. The summed E-state index contributed by atoms with van der Waals surface area (Å²) in [6, 6.07) is 3.63. The fraction of sp³-hybridized carbons (Fsp3) is 0.500. The van der Waals surface area contributed by atoms with Gasteiger partial charge in [0.25, 0.3) is 15.9 Å². The summed E-state index contributed by atoms with van der Waals surface area (Å²) in [4.78, 5) is 28.3. The first-order valence-corrected chi connectivity index (χ1v) is 9.95. The number of ether oxygens (including phenoxy) is 2. The number of carbonyl (C=O) groups is 2. The van der Waals surface area contributed by atoms with E-state index < -0.39 is 28.5 Å². The predicted molar refractivity (Wildman–Crippen MR) is 95.7 cm³/mol. The highest BCUT2D eigenvalue weighted by molar-refractivity contribution is 7.89. The third kappa shape index (κ3) is 5.63. The van der Waals surface area contributed by atoms with E-state index >= 15 is 0 Å². The number of hydroxylamine groups is 1. The molecule has 1 heterocycles. The van der Waals surface area contributed by atoms with E-state index in [9.17, 15) is 18.0 Å². The summed E-state index contributed by atoms with van der Waals surface area (Å²) in [5, 5.41) is 2.54. The van der Waals surface area contributed by atoms with Crippen molar-refractivity contribution >= 4 is 33.5 Å². The third-order valence-corrected chi connectivity index (χ3v) is 6.09. The highest BCUT2D eigenvalue weighted by Gasteiger charge is 2.25. The van der Waals surface area contributed by atoms with E-state index in [0.29, 0.717) is 17.6 Å². The molecule has 1 fully saturated rings. The van der Waals surface area contributed by atoms with E-state index in [1.165, 1.54) is 26.3 Å². The highest BCUT2D eigenvalue weighted by Crippen LogP contribution is 2.25. The molecule has 1 aromatic carbocycles. The Morgan fingerprint density at radius 2 is 2.15 bits per heavy atom. The van der Waals surface area contributed by atoms with Crippen LogP contribution in [0.5, 0.6) is 0 Å². The van der Waals surface area contributed by atoms with Gasteiger partial charge in [-0.05, 0) is 31.0 Å². The zero-order chi connectivity index (χ0) is 20.0. The topological polar surface area (TPSA) is 111 Å². The molecule has 0 aromatic heterocycles. The lowest BCUT2D eigenvalue weighted by molar-refractivity contribution is -0.124. The van der Waals surface area contributed by atoms with Crippen molar-refractivity contribution in [3.05, 3.63) is 28.8 Å². The fourth-order valence-corrected chi connectivity index (χ4v) is 3.84. The minimum atomic E-state index is -4.05. The van der Waals surface area contributed by atoms with Crippen molar-refractivity contribution in [2.45, 2.75) is 23.8 Å². The van der Waals surface area contributed by atoms with E-state index in [1.807, 2.05) is 0 Å². The molecule has 1 saturated heterocycles. The van der Waals surface area contributed by atoms with Crippen molar-refractivity contribution in [1.82, 2.24) is 9.79 Å². The SMILES string of the molecule is CON(C)S(=O)(=O)c1cc(C(=O)OCC(=O)NC[C@@H]2CCCO2)ccc1Cl. The van der Waals surface area contributed by atoms with Crippen molar-refractivity contribution in [1.29, 1.82) is 0 Å². The molecule has 2 rings (SSSR count). The zero-order valence-electron chi connectivity index (χ0n) is 14.9. The normalized spacial score (nSPS) is 17.1. The first-order valence-electron chi connectivity index (χ1n) is 8.13. The number of esters is 1. The van der Waals surface area contributed by atoms with Crippen LogP contribution in [0, 0.1) is 0 Å². The molecule has 11 heteroatoms. The quantitative estimate of drug-likeness (QED) is 0.492. The number of hydrogen-bond acceptors (Lipinski definition) is 7. The second-order valence-electron chi connectivity index (χ2n) is 5.76. The molecule has 1 N–H and O–H groups in total. The number of amides is 1. The van der Waals surface area contributed by atoms with Crippen LogP contribution in [0.3, 0.4) is 0 Å². The molecule has 0 radical (unpaired) electrons. The standard InChI is InChI=1S/C16H21ClN2O7S/c1-19(24-2)27(22,23)14-8-11(5-6-13(14)17)16(21)26-10-15(20)18-9-12-4-3-7-25-12/h5-6,8,12H,3-4,7,9-10H2,1-2H3,(H,18,20)/t12-/m0/s1. The lowest BCUT2D eigenvalue weighted by Crippen LogP contribution is -2.34. The lowest BCUT2D eigenvalue weighted by atomic mass is 10.2. The Kier molecular flexibility index (Phi) is 7.57. The van der Waals surface area contributed by atoms with Gasteiger partial charge in [-0.2, -0.15) is 0 Å². The minimum Gasteiger partial charge on any atom is -0.452 e. The summed E-state index contributed by atoms with van der Waals surface area (Å²) < 4.78 is 35.6. The number of carbonyl (C=O) groups excluding carboxylic acids is 2. The zero-order valence-corrected chi connectivity index (χ0v) is 16.5. The molecule has 1 aliphatic heterocycles. The second kappa shape index (κ2) is 9.47. The van der Waals surface area contributed by atoms with Gasteiger partial charge in [0, 0.05) is 20.2 Å². The van der Waals surface area contributed by atoms with Crippen molar-refractivity contribution in [2.24, 2.45) is 0 Å². The van der Waals surface area contributed by atoms with Gasteiger partial charge in [0.15, 0.2) is 6.61 Å². The summed E-state index contributed by atoms with van der Waals surface area (Å²) in [7, 11) is -1.68. The molecule has 0 spiro atoms. The van der Waals surface area contributed by atoms with Gasteiger partial charge in [-0.15, -0.1) is 0 Å². The monoisotopic (exact) mass is 420 g/mol. The molecule has 27 heavy (non-hydrogen) atoms. The van der Waals surface area contributed by atoms with Crippen LogP contribution in [0.4, 0.5) is 0 Å². The Bertz CT molecular complexity index is 794. The van der Waals surface area contributed by atoms with E-state index in [4.69, 9.17) is 21.1 Å². The Morgan fingerprint density at radius 3 is 2.78 bits per heavy atom. The first kappa shape index (κ1) is 21.6. The first-order chi connectivity index (χ1) is 12.8. The number of halogens is 1. The van der Waals surface area contributed by atoms with Crippen molar-refractivity contribution in [2.75, 3.05) is 33.9 Å². The highest BCUT2D eigenvalue weighted by atomic mass is 35.5.